The number of hydrogen-bond donors (Lipinski definition) is 2. The van der Waals surface area contributed by atoms with Crippen molar-refractivity contribution in [3.63, 3.8) is 0 Å². The molecule has 0 fully saturated rings. The first-order valence-electron chi connectivity index (χ1n) is 8.10. The monoisotopic (exact) mass is 304 g/mol. The average molecular weight is 304 g/mol. The maximum atomic E-state index is 11.8. The lowest BCUT2D eigenvalue weighted by atomic mass is 9.85. The Morgan fingerprint density at radius 1 is 1.14 bits per heavy atom. The Bertz CT molecular complexity index is 272. The van der Waals surface area contributed by atoms with Crippen LogP contribution >= 0.6 is 0 Å². The van der Waals surface area contributed by atoms with Crippen LogP contribution in [0.2, 0.25) is 0 Å². The van der Waals surface area contributed by atoms with E-state index in [2.05, 4.69) is 13.8 Å². The second kappa shape index (κ2) is 11.0. The van der Waals surface area contributed by atoms with Crippen LogP contribution in [0.4, 0.5) is 0 Å². The number of aliphatic hydroxyl groups excluding tert-OH is 2. The van der Waals surface area contributed by atoms with Crippen LogP contribution < -0.4 is 0 Å². The van der Waals surface area contributed by atoms with Gasteiger partial charge in [0.2, 0.25) is 0 Å². The van der Waals surface area contributed by atoms with Gasteiger partial charge in [-0.25, -0.2) is 4.79 Å². The number of aliphatic hydroxyl groups is 2. The molecular formula is C16H32O5. The van der Waals surface area contributed by atoms with Crippen molar-refractivity contribution in [2.24, 2.45) is 0 Å². The topological polar surface area (TPSA) is 76.0 Å². The Labute approximate surface area is 128 Å². The van der Waals surface area contributed by atoms with E-state index in [1.807, 2.05) is 0 Å². The van der Waals surface area contributed by atoms with Gasteiger partial charge in [-0.1, -0.05) is 39.5 Å². The van der Waals surface area contributed by atoms with E-state index in [0.29, 0.717) is 19.4 Å². The molecular weight excluding hydrogens is 272 g/mol. The first-order chi connectivity index (χ1) is 9.97. The molecule has 0 rings (SSSR count). The van der Waals surface area contributed by atoms with E-state index in [0.717, 1.165) is 25.7 Å². The molecule has 0 radical (unpaired) electrons. The Hall–Kier alpha value is -0.650. The number of unbranched alkanes of at least 4 members (excludes halogenated alkanes) is 2. The number of esters is 1. The van der Waals surface area contributed by atoms with Crippen molar-refractivity contribution in [2.75, 3.05) is 13.2 Å². The van der Waals surface area contributed by atoms with E-state index in [-0.39, 0.29) is 6.61 Å². The molecule has 0 bridgehead atoms. The molecule has 0 aromatic carbocycles. The number of rotatable bonds is 12. The molecule has 2 atom stereocenters. The average Bonchev–Trinajstić information content (AvgIpc) is 2.49. The van der Waals surface area contributed by atoms with Gasteiger partial charge in [-0.05, 0) is 26.7 Å². The normalized spacial score (nSPS) is 14.8. The first-order valence-corrected chi connectivity index (χ1v) is 8.10. The molecule has 126 valence electrons. The van der Waals surface area contributed by atoms with Crippen molar-refractivity contribution in [3.8, 4) is 0 Å². The minimum atomic E-state index is -0.993. The lowest BCUT2D eigenvalue weighted by Crippen LogP contribution is -2.50. The van der Waals surface area contributed by atoms with E-state index in [4.69, 9.17) is 9.47 Å². The number of ether oxygens (including phenoxy) is 2. The quantitative estimate of drug-likeness (QED) is 0.542. The van der Waals surface area contributed by atoms with Crippen LogP contribution in [0.1, 0.15) is 66.2 Å². The zero-order valence-corrected chi connectivity index (χ0v) is 13.9. The van der Waals surface area contributed by atoms with Crippen molar-refractivity contribution in [3.05, 3.63) is 0 Å². The van der Waals surface area contributed by atoms with E-state index >= 15 is 0 Å². The highest BCUT2D eigenvalue weighted by Crippen LogP contribution is 2.31. The molecule has 0 aliphatic heterocycles. The third-order valence-corrected chi connectivity index (χ3v) is 3.72. The molecule has 0 aromatic heterocycles. The molecule has 21 heavy (non-hydrogen) atoms. The molecule has 0 saturated carbocycles. The van der Waals surface area contributed by atoms with Gasteiger partial charge in [-0.3, -0.25) is 0 Å². The van der Waals surface area contributed by atoms with Crippen molar-refractivity contribution < 1.29 is 24.5 Å². The summed E-state index contributed by atoms with van der Waals surface area (Å²) in [7, 11) is 0. The van der Waals surface area contributed by atoms with Gasteiger partial charge >= 0.3 is 5.97 Å². The maximum Gasteiger partial charge on any atom is 0.334 e. The van der Waals surface area contributed by atoms with Gasteiger partial charge in [0.1, 0.15) is 6.10 Å². The zero-order chi connectivity index (χ0) is 16.3. The van der Waals surface area contributed by atoms with E-state index < -0.39 is 23.8 Å². The van der Waals surface area contributed by atoms with Gasteiger partial charge in [-0.2, -0.15) is 0 Å². The Morgan fingerprint density at radius 3 is 2.05 bits per heavy atom. The molecule has 0 aromatic rings. The Balaban J connectivity index is 5.07. The van der Waals surface area contributed by atoms with E-state index in [9.17, 15) is 15.0 Å². The van der Waals surface area contributed by atoms with Crippen molar-refractivity contribution >= 4 is 5.97 Å². The fourth-order valence-corrected chi connectivity index (χ4v) is 2.43. The van der Waals surface area contributed by atoms with Gasteiger partial charge < -0.3 is 19.7 Å². The van der Waals surface area contributed by atoms with Crippen molar-refractivity contribution in [2.45, 2.75) is 84.0 Å². The highest BCUT2D eigenvalue weighted by molar-refractivity contribution is 5.74. The van der Waals surface area contributed by atoms with Crippen LogP contribution in [0.25, 0.3) is 0 Å². The molecule has 5 heteroatoms. The molecule has 2 unspecified atom stereocenters. The fraction of sp³-hybridized carbons (Fsp3) is 0.938. The lowest BCUT2D eigenvalue weighted by molar-refractivity contribution is -0.193. The molecule has 0 heterocycles. The third-order valence-electron chi connectivity index (χ3n) is 3.72. The Morgan fingerprint density at radius 2 is 1.67 bits per heavy atom. The van der Waals surface area contributed by atoms with Gasteiger partial charge in [0.25, 0.3) is 0 Å². The largest absolute Gasteiger partial charge is 0.464 e. The lowest BCUT2D eigenvalue weighted by Gasteiger charge is -2.39. The van der Waals surface area contributed by atoms with Crippen LogP contribution in [0.15, 0.2) is 0 Å². The summed E-state index contributed by atoms with van der Waals surface area (Å²) in [4.78, 5) is 11.8. The summed E-state index contributed by atoms with van der Waals surface area (Å²) in [6.45, 7) is 7.42. The zero-order valence-electron chi connectivity index (χ0n) is 13.9. The predicted octanol–water partition coefficient (Wildman–Crippen LogP) is 2.43. The SMILES string of the molecule is CCCCC(CCCC)(OC(C)C(=O)OCC)C(O)CO. The first kappa shape index (κ1) is 20.3. The van der Waals surface area contributed by atoms with Crippen LogP contribution in [-0.4, -0.2) is 47.2 Å². The van der Waals surface area contributed by atoms with E-state index in [1.54, 1.807) is 13.8 Å². The molecule has 0 spiro atoms. The van der Waals surface area contributed by atoms with Crippen LogP contribution in [0.3, 0.4) is 0 Å². The second-order valence-corrected chi connectivity index (χ2v) is 5.48. The molecule has 0 aliphatic rings. The highest BCUT2D eigenvalue weighted by Gasteiger charge is 2.40. The minimum Gasteiger partial charge on any atom is -0.464 e. The number of carbonyl (C=O) groups is 1. The number of hydrogen-bond acceptors (Lipinski definition) is 5. The minimum absolute atomic E-state index is 0.298. The van der Waals surface area contributed by atoms with Crippen molar-refractivity contribution in [1.82, 2.24) is 0 Å². The molecule has 2 N–H and O–H groups in total. The number of carbonyl (C=O) groups excluding carboxylic acids is 1. The summed E-state index contributed by atoms with van der Waals surface area (Å²) < 4.78 is 10.9. The van der Waals surface area contributed by atoms with Gasteiger partial charge in [0, 0.05) is 0 Å². The fourth-order valence-electron chi connectivity index (χ4n) is 2.43. The molecule has 0 amide bonds. The van der Waals surface area contributed by atoms with Gasteiger partial charge in [-0.15, -0.1) is 0 Å². The van der Waals surface area contributed by atoms with Gasteiger partial charge in [0.15, 0.2) is 6.10 Å². The summed E-state index contributed by atoms with van der Waals surface area (Å²) in [6, 6.07) is 0. The summed E-state index contributed by atoms with van der Waals surface area (Å²) in [5.74, 6) is -0.431. The van der Waals surface area contributed by atoms with Gasteiger partial charge in [0.05, 0.1) is 18.8 Å². The predicted molar refractivity (Wildman–Crippen MR) is 82.1 cm³/mol. The molecule has 0 aliphatic carbocycles. The smallest absolute Gasteiger partial charge is 0.334 e. The summed E-state index contributed by atoms with van der Waals surface area (Å²) >= 11 is 0. The third kappa shape index (κ3) is 6.76. The summed E-state index contributed by atoms with van der Waals surface area (Å²) in [5.41, 5.74) is -0.882. The maximum absolute atomic E-state index is 11.8. The van der Waals surface area contributed by atoms with Crippen LogP contribution in [0.5, 0.6) is 0 Å². The van der Waals surface area contributed by atoms with Crippen LogP contribution in [0, 0.1) is 0 Å². The Kier molecular flexibility index (Phi) is 10.6. The van der Waals surface area contributed by atoms with E-state index in [1.165, 1.54) is 0 Å². The molecule has 5 nitrogen and oxygen atoms in total. The molecule has 0 saturated heterocycles. The summed E-state index contributed by atoms with van der Waals surface area (Å²) in [6.07, 6.45) is 3.16. The second-order valence-electron chi connectivity index (χ2n) is 5.48. The summed E-state index contributed by atoms with van der Waals surface area (Å²) in [5, 5.41) is 19.6. The van der Waals surface area contributed by atoms with Crippen molar-refractivity contribution in [1.29, 1.82) is 0 Å². The highest BCUT2D eigenvalue weighted by atomic mass is 16.6. The van der Waals surface area contributed by atoms with Crippen LogP contribution in [-0.2, 0) is 14.3 Å². The standard InChI is InChI=1S/C16H32O5/c1-5-8-10-16(11-9-6-2,14(18)12-17)21-13(4)15(19)20-7-3/h13-14,17-18H,5-12H2,1-4H3.